The van der Waals surface area contributed by atoms with Gasteiger partial charge in [-0.25, -0.2) is 12.8 Å². The van der Waals surface area contributed by atoms with Crippen molar-refractivity contribution in [2.45, 2.75) is 16.6 Å². The first-order valence-corrected chi connectivity index (χ1v) is 6.37. The molecule has 5 nitrogen and oxygen atoms in total. The van der Waals surface area contributed by atoms with E-state index in [4.69, 9.17) is 10.8 Å². The highest BCUT2D eigenvalue weighted by atomic mass is 32.2. The molecule has 1 unspecified atom stereocenters. The number of nitrogens with two attached hydrogens (primary N) is 1. The fraction of sp³-hybridized carbons (Fsp3) is 0.300. The lowest BCUT2D eigenvalue weighted by atomic mass is 10.3. The maximum Gasteiger partial charge on any atom is 0.322 e. The van der Waals surface area contributed by atoms with Gasteiger partial charge in [-0.05, 0) is 25.1 Å². The monoisotopic (exact) mass is 261 g/mol. The molecule has 0 aliphatic carbocycles. The molecule has 0 aliphatic heterocycles. The van der Waals surface area contributed by atoms with E-state index in [2.05, 4.69) is 0 Å². The van der Waals surface area contributed by atoms with Crippen molar-refractivity contribution >= 4 is 15.8 Å². The maximum absolute atomic E-state index is 13.3. The van der Waals surface area contributed by atoms with Gasteiger partial charge in [-0.15, -0.1) is 0 Å². The van der Waals surface area contributed by atoms with Crippen molar-refractivity contribution in [2.75, 3.05) is 6.54 Å². The Morgan fingerprint density at radius 3 is 2.47 bits per heavy atom. The topological polar surface area (TPSA) is 97.5 Å². The maximum atomic E-state index is 13.3. The lowest BCUT2D eigenvalue weighted by Gasteiger charge is -2.12. The molecule has 0 radical (unpaired) electrons. The van der Waals surface area contributed by atoms with Gasteiger partial charge < -0.3 is 10.8 Å². The minimum atomic E-state index is -4.25. The van der Waals surface area contributed by atoms with Gasteiger partial charge in [0.05, 0.1) is 0 Å². The van der Waals surface area contributed by atoms with Gasteiger partial charge in [-0.1, -0.05) is 12.1 Å². The van der Waals surface area contributed by atoms with Crippen molar-refractivity contribution in [1.29, 1.82) is 0 Å². The van der Waals surface area contributed by atoms with Crippen molar-refractivity contribution in [3.05, 3.63) is 30.1 Å². The van der Waals surface area contributed by atoms with Crippen LogP contribution in [0.5, 0.6) is 0 Å². The van der Waals surface area contributed by atoms with Gasteiger partial charge >= 0.3 is 5.97 Å². The molecule has 0 bridgehead atoms. The fourth-order valence-electron chi connectivity index (χ4n) is 1.39. The Kier molecular flexibility index (Phi) is 4.19. The van der Waals surface area contributed by atoms with Gasteiger partial charge in [0.25, 0.3) is 0 Å². The Balaban J connectivity index is 3.27. The summed E-state index contributed by atoms with van der Waals surface area (Å²) in [6, 6.07) is 4.66. The Bertz CT molecular complexity index is 515. The lowest BCUT2D eigenvalue weighted by Crippen LogP contribution is -2.32. The summed E-state index contributed by atoms with van der Waals surface area (Å²) < 4.78 is 37.2. The van der Waals surface area contributed by atoms with Crippen LogP contribution in [-0.4, -0.2) is 31.3 Å². The van der Waals surface area contributed by atoms with E-state index in [1.165, 1.54) is 12.1 Å². The number of rotatable bonds is 5. The van der Waals surface area contributed by atoms with Gasteiger partial charge in [0.2, 0.25) is 0 Å². The summed E-state index contributed by atoms with van der Waals surface area (Å²) in [5.74, 6) is -2.49. The van der Waals surface area contributed by atoms with E-state index in [0.29, 0.717) is 0 Å². The molecule has 1 rings (SSSR count). The number of carboxylic acid groups (broad SMARTS) is 1. The quantitative estimate of drug-likeness (QED) is 0.799. The van der Waals surface area contributed by atoms with E-state index in [0.717, 1.165) is 12.1 Å². The van der Waals surface area contributed by atoms with Gasteiger partial charge in [0.15, 0.2) is 15.1 Å². The third kappa shape index (κ3) is 2.80. The summed E-state index contributed by atoms with van der Waals surface area (Å²) in [6.07, 6.45) is -0.258. The Hall–Kier alpha value is -1.47. The third-order valence-electron chi connectivity index (χ3n) is 2.22. The van der Waals surface area contributed by atoms with E-state index in [-0.39, 0.29) is 13.0 Å². The lowest BCUT2D eigenvalue weighted by molar-refractivity contribution is -0.136. The van der Waals surface area contributed by atoms with Gasteiger partial charge in [-0.2, -0.15) is 0 Å². The molecule has 17 heavy (non-hydrogen) atoms. The molecule has 94 valence electrons. The van der Waals surface area contributed by atoms with Crippen LogP contribution in [0.1, 0.15) is 6.42 Å². The third-order valence-corrected chi connectivity index (χ3v) is 4.35. The van der Waals surface area contributed by atoms with Crippen molar-refractivity contribution in [3.8, 4) is 0 Å². The molecule has 1 aromatic rings. The van der Waals surface area contributed by atoms with Crippen LogP contribution in [0.2, 0.25) is 0 Å². The van der Waals surface area contributed by atoms with Crippen molar-refractivity contribution < 1.29 is 22.7 Å². The number of hydrogen-bond acceptors (Lipinski definition) is 4. The smallest absolute Gasteiger partial charge is 0.322 e. The summed E-state index contributed by atoms with van der Waals surface area (Å²) in [4.78, 5) is 10.3. The van der Waals surface area contributed by atoms with E-state index < -0.39 is 31.8 Å². The molecule has 1 aromatic carbocycles. The van der Waals surface area contributed by atoms with Crippen LogP contribution in [0.3, 0.4) is 0 Å². The zero-order valence-electron chi connectivity index (χ0n) is 8.84. The average Bonchev–Trinajstić information content (AvgIpc) is 2.25. The predicted molar refractivity (Wildman–Crippen MR) is 58.7 cm³/mol. The highest BCUT2D eigenvalue weighted by Gasteiger charge is 2.34. The van der Waals surface area contributed by atoms with E-state index in [9.17, 15) is 17.6 Å². The fourth-order valence-corrected chi connectivity index (χ4v) is 3.02. The van der Waals surface area contributed by atoms with Gasteiger partial charge in [0, 0.05) is 0 Å². The first kappa shape index (κ1) is 13.6. The molecule has 0 heterocycles. The molecule has 0 amide bonds. The SMILES string of the molecule is NCCC(C(=O)O)S(=O)(=O)c1ccccc1F. The molecular weight excluding hydrogens is 249 g/mol. The molecule has 1 atom stereocenters. The molecule has 3 N–H and O–H groups in total. The van der Waals surface area contributed by atoms with Crippen LogP contribution >= 0.6 is 0 Å². The number of carboxylic acids is 1. The molecule has 0 saturated carbocycles. The number of aliphatic carboxylic acids is 1. The van der Waals surface area contributed by atoms with Crippen LogP contribution in [0.15, 0.2) is 29.2 Å². The largest absolute Gasteiger partial charge is 0.480 e. The zero-order valence-corrected chi connectivity index (χ0v) is 9.65. The van der Waals surface area contributed by atoms with Crippen LogP contribution in [0.4, 0.5) is 4.39 Å². The van der Waals surface area contributed by atoms with Crippen LogP contribution in [0.25, 0.3) is 0 Å². The van der Waals surface area contributed by atoms with Crippen LogP contribution in [-0.2, 0) is 14.6 Å². The second kappa shape index (κ2) is 5.24. The molecule has 0 aliphatic rings. The second-order valence-electron chi connectivity index (χ2n) is 3.38. The van der Waals surface area contributed by atoms with Crippen molar-refractivity contribution in [3.63, 3.8) is 0 Å². The van der Waals surface area contributed by atoms with Gasteiger partial charge in [-0.3, -0.25) is 4.79 Å². The highest BCUT2D eigenvalue weighted by molar-refractivity contribution is 7.92. The normalized spacial score (nSPS) is 13.3. The Morgan fingerprint density at radius 2 is 2.00 bits per heavy atom. The molecule has 0 aromatic heterocycles. The zero-order chi connectivity index (χ0) is 13.1. The summed E-state index contributed by atoms with van der Waals surface area (Å²) >= 11 is 0. The number of benzene rings is 1. The number of halogens is 1. The highest BCUT2D eigenvalue weighted by Crippen LogP contribution is 2.21. The molecule has 0 spiro atoms. The van der Waals surface area contributed by atoms with Crippen LogP contribution in [0, 0.1) is 5.82 Å². The standard InChI is InChI=1S/C10H12FNO4S/c11-7-3-1-2-4-8(7)17(15,16)9(5-6-12)10(13)14/h1-4,9H,5-6,12H2,(H,13,14). The minimum Gasteiger partial charge on any atom is -0.480 e. The minimum absolute atomic E-state index is 0.106. The second-order valence-corrected chi connectivity index (χ2v) is 5.48. The number of carbonyl (C=O) groups is 1. The van der Waals surface area contributed by atoms with Gasteiger partial charge in [0.1, 0.15) is 10.7 Å². The molecule has 0 saturated heterocycles. The number of hydrogen-bond donors (Lipinski definition) is 2. The van der Waals surface area contributed by atoms with Crippen molar-refractivity contribution in [1.82, 2.24) is 0 Å². The summed E-state index contributed by atoms with van der Waals surface area (Å²) in [7, 11) is -4.25. The van der Waals surface area contributed by atoms with Crippen molar-refractivity contribution in [2.24, 2.45) is 5.73 Å². The Morgan fingerprint density at radius 1 is 1.41 bits per heavy atom. The molecular formula is C10H12FNO4S. The number of sulfone groups is 1. The predicted octanol–water partition coefficient (Wildman–Crippen LogP) is 0.401. The summed E-state index contributed by atoms with van der Waals surface area (Å²) in [5, 5.41) is 7.12. The first-order valence-electron chi connectivity index (χ1n) is 4.82. The van der Waals surface area contributed by atoms with E-state index in [1.54, 1.807) is 0 Å². The molecule has 0 fully saturated rings. The van der Waals surface area contributed by atoms with E-state index in [1.807, 2.05) is 0 Å². The Labute approximate surface area is 98.0 Å². The van der Waals surface area contributed by atoms with E-state index >= 15 is 0 Å². The first-order chi connectivity index (χ1) is 7.91. The summed E-state index contributed by atoms with van der Waals surface area (Å²) in [5.41, 5.74) is 5.16. The average molecular weight is 261 g/mol. The summed E-state index contributed by atoms with van der Waals surface area (Å²) in [6.45, 7) is -0.106. The molecule has 7 heteroatoms. The van der Waals surface area contributed by atoms with Crippen LogP contribution < -0.4 is 5.73 Å².